The average molecular weight is 343 g/mol. The highest BCUT2D eigenvalue weighted by Crippen LogP contribution is 2.33. The van der Waals surface area contributed by atoms with Crippen LogP contribution in [0.4, 0.5) is 0 Å². The quantitative estimate of drug-likeness (QED) is 0.928. The van der Waals surface area contributed by atoms with Gasteiger partial charge in [0.25, 0.3) is 0 Å². The van der Waals surface area contributed by atoms with Gasteiger partial charge in [-0.25, -0.2) is 8.42 Å². The van der Waals surface area contributed by atoms with Gasteiger partial charge in [-0.3, -0.25) is 0 Å². The summed E-state index contributed by atoms with van der Waals surface area (Å²) in [5, 5.41) is 10.4. The fourth-order valence-corrected chi connectivity index (χ4v) is 4.50. The van der Waals surface area contributed by atoms with E-state index in [2.05, 4.69) is 6.58 Å². The number of hydrogen-bond acceptors (Lipinski definition) is 3. The van der Waals surface area contributed by atoms with Gasteiger partial charge in [-0.1, -0.05) is 54.6 Å². The Bertz CT molecular complexity index is 829. The van der Waals surface area contributed by atoms with E-state index in [-0.39, 0.29) is 23.9 Å². The van der Waals surface area contributed by atoms with Crippen LogP contribution in [0, 0.1) is 12.8 Å². The molecule has 3 rings (SSSR count). The number of aliphatic hydroxyl groups is 1. The molecule has 2 aromatic carbocycles. The molecule has 2 aromatic rings. The van der Waals surface area contributed by atoms with Crippen LogP contribution in [-0.2, 0) is 10.0 Å². The van der Waals surface area contributed by atoms with Gasteiger partial charge in [-0.05, 0) is 30.2 Å². The summed E-state index contributed by atoms with van der Waals surface area (Å²) in [5.74, 6) is -0.298. The van der Waals surface area contributed by atoms with Crippen molar-refractivity contribution in [3.63, 3.8) is 0 Å². The van der Waals surface area contributed by atoms with Gasteiger partial charge in [0.1, 0.15) is 0 Å². The Hall–Kier alpha value is -1.95. The van der Waals surface area contributed by atoms with Crippen LogP contribution in [0.1, 0.15) is 11.1 Å². The van der Waals surface area contributed by atoms with Crippen molar-refractivity contribution in [1.29, 1.82) is 0 Å². The lowest BCUT2D eigenvalue weighted by molar-refractivity contribution is 0.167. The molecule has 1 N–H and O–H groups in total. The fraction of sp³-hybridized carbons (Fsp3) is 0.263. The topological polar surface area (TPSA) is 57.6 Å². The second-order valence-electron chi connectivity index (χ2n) is 6.20. The third kappa shape index (κ3) is 3.15. The summed E-state index contributed by atoms with van der Waals surface area (Å²) >= 11 is 0. The molecular weight excluding hydrogens is 322 g/mol. The minimum Gasteiger partial charge on any atom is -0.391 e. The van der Waals surface area contributed by atoms with Crippen molar-refractivity contribution in [3.05, 3.63) is 72.3 Å². The molecule has 0 aliphatic carbocycles. The molecule has 24 heavy (non-hydrogen) atoms. The zero-order valence-electron chi connectivity index (χ0n) is 13.6. The lowest BCUT2D eigenvalue weighted by atomic mass is 9.92. The van der Waals surface area contributed by atoms with E-state index in [1.807, 2.05) is 37.3 Å². The highest BCUT2D eigenvalue weighted by atomic mass is 32.2. The van der Waals surface area contributed by atoms with E-state index in [4.69, 9.17) is 0 Å². The van der Waals surface area contributed by atoms with Crippen LogP contribution in [0.2, 0.25) is 0 Å². The molecule has 0 amide bonds. The molecule has 1 fully saturated rings. The Morgan fingerprint density at radius 1 is 1.08 bits per heavy atom. The predicted molar refractivity (Wildman–Crippen MR) is 94.9 cm³/mol. The molecule has 0 saturated carbocycles. The molecule has 0 aromatic heterocycles. The van der Waals surface area contributed by atoms with E-state index in [1.54, 1.807) is 24.3 Å². The fourth-order valence-electron chi connectivity index (χ4n) is 3.02. The van der Waals surface area contributed by atoms with Crippen LogP contribution < -0.4 is 0 Å². The minimum atomic E-state index is -3.60. The molecular formula is C19H21NO3S. The van der Waals surface area contributed by atoms with Gasteiger partial charge in [0.05, 0.1) is 11.0 Å². The zero-order valence-corrected chi connectivity index (χ0v) is 14.4. The predicted octanol–water partition coefficient (Wildman–Crippen LogP) is 2.69. The number of aryl methyl sites for hydroxylation is 1. The standard InChI is InChI=1S/C19H21NO3S/c1-14-8-10-17(11-9-14)24(22,23)20-12-18(19(21)13-20)15(2)16-6-4-3-5-7-16/h3-11,18-19,21H,2,12-13H2,1H3/t18-,19+/m1/s1. The molecule has 4 nitrogen and oxygen atoms in total. The Labute approximate surface area is 143 Å². The number of β-amino-alcohol motifs (C(OH)–C–C–N with tert-alkyl or cyclic N) is 1. The maximum atomic E-state index is 12.8. The van der Waals surface area contributed by atoms with Crippen molar-refractivity contribution in [1.82, 2.24) is 4.31 Å². The number of benzene rings is 2. The number of hydrogen-bond donors (Lipinski definition) is 1. The third-order valence-electron chi connectivity index (χ3n) is 4.51. The minimum absolute atomic E-state index is 0.0900. The van der Waals surface area contributed by atoms with E-state index >= 15 is 0 Å². The highest BCUT2D eigenvalue weighted by Gasteiger charge is 2.39. The number of sulfonamides is 1. The molecule has 0 bridgehead atoms. The van der Waals surface area contributed by atoms with Crippen LogP contribution in [0.15, 0.2) is 66.1 Å². The van der Waals surface area contributed by atoms with Crippen molar-refractivity contribution in [2.24, 2.45) is 5.92 Å². The van der Waals surface area contributed by atoms with Crippen LogP contribution in [-0.4, -0.2) is 37.0 Å². The molecule has 126 valence electrons. The molecule has 2 atom stereocenters. The van der Waals surface area contributed by atoms with Gasteiger partial charge in [0.2, 0.25) is 10.0 Å². The summed E-state index contributed by atoms with van der Waals surface area (Å²) < 4.78 is 26.9. The molecule has 1 aliphatic heterocycles. The van der Waals surface area contributed by atoms with E-state index < -0.39 is 16.1 Å². The van der Waals surface area contributed by atoms with E-state index in [0.29, 0.717) is 0 Å². The summed E-state index contributed by atoms with van der Waals surface area (Å²) in [4.78, 5) is 0.256. The Balaban J connectivity index is 1.83. The van der Waals surface area contributed by atoms with E-state index in [9.17, 15) is 13.5 Å². The number of aliphatic hydroxyl groups excluding tert-OH is 1. The average Bonchev–Trinajstić information content (AvgIpc) is 2.98. The largest absolute Gasteiger partial charge is 0.391 e. The first-order valence-electron chi connectivity index (χ1n) is 7.88. The summed E-state index contributed by atoms with van der Waals surface area (Å²) in [7, 11) is -3.60. The van der Waals surface area contributed by atoms with Crippen molar-refractivity contribution in [3.8, 4) is 0 Å². The van der Waals surface area contributed by atoms with E-state index in [0.717, 1.165) is 16.7 Å². The molecule has 1 saturated heterocycles. The molecule has 1 heterocycles. The lowest BCUT2D eigenvalue weighted by Crippen LogP contribution is -2.29. The number of nitrogens with zero attached hydrogens (tertiary/aromatic N) is 1. The second kappa shape index (κ2) is 6.51. The van der Waals surface area contributed by atoms with Gasteiger partial charge in [-0.2, -0.15) is 4.31 Å². The summed E-state index contributed by atoms with van der Waals surface area (Å²) in [5.41, 5.74) is 2.70. The zero-order chi connectivity index (χ0) is 17.3. The van der Waals surface area contributed by atoms with Crippen LogP contribution in [0.3, 0.4) is 0 Å². The summed E-state index contributed by atoms with van der Waals surface area (Å²) in [6.07, 6.45) is -0.752. The Morgan fingerprint density at radius 3 is 2.33 bits per heavy atom. The first-order chi connectivity index (χ1) is 11.4. The molecule has 0 radical (unpaired) electrons. The maximum absolute atomic E-state index is 12.8. The monoisotopic (exact) mass is 343 g/mol. The van der Waals surface area contributed by atoms with Gasteiger partial charge in [0, 0.05) is 19.0 Å². The van der Waals surface area contributed by atoms with Gasteiger partial charge in [0.15, 0.2) is 0 Å². The van der Waals surface area contributed by atoms with Gasteiger partial charge in [-0.15, -0.1) is 0 Å². The summed E-state index contributed by atoms with van der Waals surface area (Å²) in [6, 6.07) is 16.3. The van der Waals surface area contributed by atoms with Crippen LogP contribution in [0.5, 0.6) is 0 Å². The summed E-state index contributed by atoms with van der Waals surface area (Å²) in [6.45, 7) is 6.32. The smallest absolute Gasteiger partial charge is 0.243 e. The van der Waals surface area contributed by atoms with Crippen molar-refractivity contribution >= 4 is 15.6 Å². The highest BCUT2D eigenvalue weighted by molar-refractivity contribution is 7.89. The van der Waals surface area contributed by atoms with E-state index in [1.165, 1.54) is 4.31 Å². The Kier molecular flexibility index (Phi) is 4.58. The molecule has 0 unspecified atom stereocenters. The second-order valence-corrected chi connectivity index (χ2v) is 8.14. The van der Waals surface area contributed by atoms with Crippen LogP contribution >= 0.6 is 0 Å². The Morgan fingerprint density at radius 2 is 1.71 bits per heavy atom. The lowest BCUT2D eigenvalue weighted by Gasteiger charge is -2.18. The SMILES string of the molecule is C=C(c1ccccc1)[C@H]1CN(S(=O)(=O)c2ccc(C)cc2)C[C@@H]1O. The first kappa shape index (κ1) is 16.9. The number of rotatable bonds is 4. The van der Waals surface area contributed by atoms with Gasteiger partial charge >= 0.3 is 0 Å². The molecule has 5 heteroatoms. The van der Waals surface area contributed by atoms with Crippen molar-refractivity contribution in [2.75, 3.05) is 13.1 Å². The third-order valence-corrected chi connectivity index (χ3v) is 6.35. The van der Waals surface area contributed by atoms with Gasteiger partial charge < -0.3 is 5.11 Å². The van der Waals surface area contributed by atoms with Crippen molar-refractivity contribution in [2.45, 2.75) is 17.9 Å². The molecule has 1 aliphatic rings. The van der Waals surface area contributed by atoms with Crippen molar-refractivity contribution < 1.29 is 13.5 Å². The van der Waals surface area contributed by atoms with Crippen LogP contribution in [0.25, 0.3) is 5.57 Å². The molecule has 0 spiro atoms. The normalized spacial score (nSPS) is 21.8. The first-order valence-corrected chi connectivity index (χ1v) is 9.32. The maximum Gasteiger partial charge on any atom is 0.243 e.